The third-order valence-electron chi connectivity index (χ3n) is 4.37. The van der Waals surface area contributed by atoms with Crippen LogP contribution in [-0.2, 0) is 9.47 Å². The Bertz CT molecular complexity index is 791. The highest BCUT2D eigenvalue weighted by Crippen LogP contribution is 2.22. The monoisotopic (exact) mass is 397 g/mol. The van der Waals surface area contributed by atoms with E-state index in [4.69, 9.17) is 14.2 Å². The molecule has 0 unspecified atom stereocenters. The van der Waals surface area contributed by atoms with Crippen LogP contribution in [0.4, 0.5) is 4.79 Å². The Kier molecular flexibility index (Phi) is 9.29. The van der Waals surface area contributed by atoms with Crippen molar-refractivity contribution in [2.24, 2.45) is 0 Å². The van der Waals surface area contributed by atoms with Gasteiger partial charge in [-0.2, -0.15) is 0 Å². The number of para-hydroxylation sites is 1. The van der Waals surface area contributed by atoms with Gasteiger partial charge in [-0.3, -0.25) is 4.79 Å². The Labute approximate surface area is 171 Å². The standard InChI is InChI=1S/C23H27NO5/c1-3-15-28-23(26)29-16-9-12-19(18-10-5-4-6-11-18)17-24-22(25)20-13-7-8-14-21(20)27-2/h3-8,10-11,13-14,19H,1,9,12,15-17H2,2H3,(H,24,25)/t19-/m1/s1. The van der Waals surface area contributed by atoms with Crippen molar-refractivity contribution in [1.82, 2.24) is 5.32 Å². The Morgan fingerprint density at radius 1 is 1.07 bits per heavy atom. The van der Waals surface area contributed by atoms with E-state index in [2.05, 4.69) is 11.9 Å². The van der Waals surface area contributed by atoms with E-state index in [-0.39, 0.29) is 25.0 Å². The minimum absolute atomic E-state index is 0.0858. The first-order chi connectivity index (χ1) is 14.2. The number of carbonyl (C=O) groups excluding carboxylic acids is 2. The van der Waals surface area contributed by atoms with Crippen molar-refractivity contribution in [3.8, 4) is 5.75 Å². The Morgan fingerprint density at radius 3 is 2.52 bits per heavy atom. The summed E-state index contributed by atoms with van der Waals surface area (Å²) in [6.45, 7) is 4.31. The average Bonchev–Trinajstić information content (AvgIpc) is 2.77. The van der Waals surface area contributed by atoms with Crippen molar-refractivity contribution < 1.29 is 23.8 Å². The van der Waals surface area contributed by atoms with Crippen molar-refractivity contribution in [3.05, 3.63) is 78.4 Å². The van der Waals surface area contributed by atoms with Crippen LogP contribution in [0.1, 0.15) is 34.7 Å². The van der Waals surface area contributed by atoms with E-state index in [0.717, 1.165) is 12.0 Å². The number of methoxy groups -OCH3 is 1. The summed E-state index contributed by atoms with van der Waals surface area (Å²) in [6, 6.07) is 17.0. The zero-order valence-electron chi connectivity index (χ0n) is 16.6. The smallest absolute Gasteiger partial charge is 0.496 e. The van der Waals surface area contributed by atoms with Crippen LogP contribution in [0.25, 0.3) is 0 Å². The fourth-order valence-electron chi connectivity index (χ4n) is 2.91. The summed E-state index contributed by atoms with van der Waals surface area (Å²) in [4.78, 5) is 24.0. The molecule has 2 aromatic rings. The zero-order chi connectivity index (χ0) is 20.9. The number of benzene rings is 2. The number of carbonyl (C=O) groups is 2. The van der Waals surface area contributed by atoms with E-state index in [1.807, 2.05) is 36.4 Å². The minimum atomic E-state index is -0.703. The Balaban J connectivity index is 1.92. The molecule has 0 aliphatic heterocycles. The second-order valence-corrected chi connectivity index (χ2v) is 6.36. The molecule has 0 aliphatic carbocycles. The second-order valence-electron chi connectivity index (χ2n) is 6.36. The quantitative estimate of drug-likeness (QED) is 0.347. The lowest BCUT2D eigenvalue weighted by atomic mass is 9.94. The predicted molar refractivity (Wildman–Crippen MR) is 111 cm³/mol. The van der Waals surface area contributed by atoms with Gasteiger partial charge < -0.3 is 19.5 Å². The predicted octanol–water partition coefficient (Wildman–Crippen LogP) is 4.33. The maximum absolute atomic E-state index is 12.6. The van der Waals surface area contributed by atoms with E-state index < -0.39 is 6.16 Å². The maximum atomic E-state index is 12.6. The number of amides is 1. The SMILES string of the molecule is C=CCOC(=O)OCCC[C@H](CNC(=O)c1ccccc1OC)c1ccccc1. The highest BCUT2D eigenvalue weighted by molar-refractivity contribution is 5.96. The van der Waals surface area contributed by atoms with Crippen LogP contribution >= 0.6 is 0 Å². The molecule has 0 heterocycles. The first-order valence-corrected chi connectivity index (χ1v) is 9.52. The van der Waals surface area contributed by atoms with Gasteiger partial charge in [-0.05, 0) is 30.5 Å². The molecule has 0 saturated carbocycles. The fourth-order valence-corrected chi connectivity index (χ4v) is 2.91. The van der Waals surface area contributed by atoms with Crippen LogP contribution in [0.5, 0.6) is 5.75 Å². The maximum Gasteiger partial charge on any atom is 0.508 e. The van der Waals surface area contributed by atoms with Crippen molar-refractivity contribution in [2.45, 2.75) is 18.8 Å². The molecular weight excluding hydrogens is 370 g/mol. The lowest BCUT2D eigenvalue weighted by Crippen LogP contribution is -2.29. The van der Waals surface area contributed by atoms with Gasteiger partial charge in [-0.25, -0.2) is 4.79 Å². The van der Waals surface area contributed by atoms with Gasteiger partial charge in [0, 0.05) is 12.5 Å². The molecule has 29 heavy (non-hydrogen) atoms. The Morgan fingerprint density at radius 2 is 1.79 bits per heavy atom. The first kappa shape index (κ1) is 22.0. The third-order valence-corrected chi connectivity index (χ3v) is 4.37. The minimum Gasteiger partial charge on any atom is -0.496 e. The highest BCUT2D eigenvalue weighted by atomic mass is 16.7. The van der Waals surface area contributed by atoms with E-state index in [9.17, 15) is 9.59 Å². The van der Waals surface area contributed by atoms with Gasteiger partial charge in [0.05, 0.1) is 19.3 Å². The second kappa shape index (κ2) is 12.2. The molecule has 2 rings (SSSR count). The van der Waals surface area contributed by atoms with Gasteiger partial charge in [0.15, 0.2) is 0 Å². The number of rotatable bonds is 11. The van der Waals surface area contributed by atoms with Gasteiger partial charge in [-0.15, -0.1) is 0 Å². The Hall–Kier alpha value is -3.28. The van der Waals surface area contributed by atoms with Crippen molar-refractivity contribution in [3.63, 3.8) is 0 Å². The molecule has 0 radical (unpaired) electrons. The largest absolute Gasteiger partial charge is 0.508 e. The molecule has 0 saturated heterocycles. The summed E-state index contributed by atoms with van der Waals surface area (Å²) in [5.41, 5.74) is 1.61. The van der Waals surface area contributed by atoms with Crippen LogP contribution in [0.3, 0.4) is 0 Å². The average molecular weight is 397 g/mol. The summed E-state index contributed by atoms with van der Waals surface area (Å²) >= 11 is 0. The normalized spacial score (nSPS) is 11.2. The van der Waals surface area contributed by atoms with Gasteiger partial charge in [0.1, 0.15) is 12.4 Å². The molecule has 2 aromatic carbocycles. The zero-order valence-corrected chi connectivity index (χ0v) is 16.6. The van der Waals surface area contributed by atoms with Crippen LogP contribution < -0.4 is 10.1 Å². The van der Waals surface area contributed by atoms with E-state index >= 15 is 0 Å². The number of hydrogen-bond acceptors (Lipinski definition) is 5. The third kappa shape index (κ3) is 7.33. The van der Waals surface area contributed by atoms with Crippen LogP contribution in [0.2, 0.25) is 0 Å². The van der Waals surface area contributed by atoms with Gasteiger partial charge in [-0.1, -0.05) is 55.1 Å². The van der Waals surface area contributed by atoms with Crippen molar-refractivity contribution in [1.29, 1.82) is 0 Å². The van der Waals surface area contributed by atoms with Crippen molar-refractivity contribution in [2.75, 3.05) is 26.9 Å². The first-order valence-electron chi connectivity index (χ1n) is 9.52. The molecule has 0 aromatic heterocycles. The molecular formula is C23H27NO5. The van der Waals surface area contributed by atoms with E-state index in [1.54, 1.807) is 25.3 Å². The summed E-state index contributed by atoms with van der Waals surface area (Å²) in [7, 11) is 1.54. The fraction of sp³-hybridized carbons (Fsp3) is 0.304. The topological polar surface area (TPSA) is 73.9 Å². The molecule has 1 atom stereocenters. The van der Waals surface area contributed by atoms with E-state index in [0.29, 0.717) is 24.3 Å². The number of ether oxygens (including phenoxy) is 3. The summed E-state index contributed by atoms with van der Waals surface area (Å²) in [5, 5.41) is 2.99. The van der Waals surface area contributed by atoms with Gasteiger partial charge in [0.2, 0.25) is 0 Å². The summed E-state index contributed by atoms with van der Waals surface area (Å²) in [5.74, 6) is 0.433. The van der Waals surface area contributed by atoms with Gasteiger partial charge in [0.25, 0.3) is 5.91 Å². The van der Waals surface area contributed by atoms with E-state index in [1.165, 1.54) is 6.08 Å². The molecule has 1 N–H and O–H groups in total. The molecule has 154 valence electrons. The summed E-state index contributed by atoms with van der Waals surface area (Å²) in [6.07, 6.45) is 2.17. The molecule has 0 aliphatic rings. The van der Waals surface area contributed by atoms with Crippen LogP contribution in [-0.4, -0.2) is 38.9 Å². The molecule has 0 fully saturated rings. The molecule has 6 nitrogen and oxygen atoms in total. The van der Waals surface area contributed by atoms with Gasteiger partial charge >= 0.3 is 6.16 Å². The number of hydrogen-bond donors (Lipinski definition) is 1. The molecule has 6 heteroatoms. The lowest BCUT2D eigenvalue weighted by molar-refractivity contribution is 0.0617. The van der Waals surface area contributed by atoms with Crippen molar-refractivity contribution >= 4 is 12.1 Å². The molecule has 0 bridgehead atoms. The highest BCUT2D eigenvalue weighted by Gasteiger charge is 2.16. The number of nitrogens with one attached hydrogen (secondary N) is 1. The summed E-state index contributed by atoms with van der Waals surface area (Å²) < 4.78 is 15.1. The molecule has 0 spiro atoms. The van der Waals surface area contributed by atoms with Crippen LogP contribution in [0, 0.1) is 0 Å². The lowest BCUT2D eigenvalue weighted by Gasteiger charge is -2.19. The van der Waals surface area contributed by atoms with Crippen LogP contribution in [0.15, 0.2) is 67.3 Å². The molecule has 1 amide bonds.